The maximum atomic E-state index is 12.4. The van der Waals surface area contributed by atoms with E-state index < -0.39 is 5.97 Å². The summed E-state index contributed by atoms with van der Waals surface area (Å²) in [7, 11) is 0. The molecule has 0 unspecified atom stereocenters. The molecule has 0 bridgehead atoms. The monoisotopic (exact) mass is 410 g/mol. The Bertz CT molecular complexity index is 1240. The van der Waals surface area contributed by atoms with Crippen LogP contribution in [0.2, 0.25) is 0 Å². The molecular weight excluding hydrogens is 388 g/mol. The average molecular weight is 410 g/mol. The van der Waals surface area contributed by atoms with Crippen LogP contribution in [-0.4, -0.2) is 5.97 Å². The molecule has 0 aliphatic carbocycles. The van der Waals surface area contributed by atoms with Crippen LogP contribution in [0.5, 0.6) is 28.7 Å². The van der Waals surface area contributed by atoms with Gasteiger partial charge in [0.25, 0.3) is 0 Å². The largest absolute Gasteiger partial charge is 0.457 e. The summed E-state index contributed by atoms with van der Waals surface area (Å²) in [6, 6.07) is 26.5. The summed E-state index contributed by atoms with van der Waals surface area (Å²) in [5.41, 5.74) is 1.36. The summed E-state index contributed by atoms with van der Waals surface area (Å²) >= 11 is 0. The van der Waals surface area contributed by atoms with E-state index in [2.05, 4.69) is 6.58 Å². The molecule has 4 heteroatoms. The molecule has 0 fully saturated rings. The minimum Gasteiger partial charge on any atom is -0.457 e. The third-order valence-electron chi connectivity index (χ3n) is 4.66. The quantitative estimate of drug-likeness (QED) is 0.191. The molecule has 0 radical (unpaired) electrons. The van der Waals surface area contributed by atoms with E-state index in [1.807, 2.05) is 85.8 Å². The zero-order valence-electron chi connectivity index (χ0n) is 17.4. The number of rotatable bonds is 6. The van der Waals surface area contributed by atoms with Crippen molar-refractivity contribution in [1.82, 2.24) is 0 Å². The lowest BCUT2D eigenvalue weighted by Crippen LogP contribution is -2.09. The molecule has 154 valence electrons. The average Bonchev–Trinajstić information content (AvgIpc) is 2.77. The van der Waals surface area contributed by atoms with E-state index in [1.54, 1.807) is 13.0 Å². The smallest absolute Gasteiger partial charge is 0.338 e. The molecule has 0 aliphatic rings. The molecule has 0 spiro atoms. The van der Waals surface area contributed by atoms with Crippen molar-refractivity contribution in [3.63, 3.8) is 0 Å². The van der Waals surface area contributed by atoms with E-state index in [-0.39, 0.29) is 0 Å². The van der Waals surface area contributed by atoms with Gasteiger partial charge in [-0.3, -0.25) is 0 Å². The Hall–Kier alpha value is -4.05. The predicted octanol–water partition coefficient (Wildman–Crippen LogP) is 7.21. The van der Waals surface area contributed by atoms with Gasteiger partial charge in [0.15, 0.2) is 11.5 Å². The minimum atomic E-state index is -0.517. The number of aryl methyl sites for hydroxylation is 1. The van der Waals surface area contributed by atoms with Gasteiger partial charge in [0.2, 0.25) is 0 Å². The number of benzene rings is 4. The van der Waals surface area contributed by atoms with E-state index in [0.29, 0.717) is 39.7 Å². The highest BCUT2D eigenvalue weighted by molar-refractivity contribution is 5.99. The molecule has 0 N–H and O–H groups in total. The van der Waals surface area contributed by atoms with E-state index in [0.717, 1.165) is 10.9 Å². The summed E-state index contributed by atoms with van der Waals surface area (Å²) in [5, 5.41) is 1.52. The fourth-order valence-corrected chi connectivity index (χ4v) is 3.13. The van der Waals surface area contributed by atoms with E-state index in [4.69, 9.17) is 14.2 Å². The fourth-order valence-electron chi connectivity index (χ4n) is 3.13. The first-order valence-corrected chi connectivity index (χ1v) is 9.92. The standard InChI is InChI=1S/C27H22O4/c1-18(2)27(28)31-26-22-15-14-19(3)16-23(22)24(29-20-10-6-4-7-11-20)17-25(26)30-21-12-8-5-9-13-21/h4-17H,1H2,2-3H3. The van der Waals surface area contributed by atoms with Crippen LogP contribution in [-0.2, 0) is 4.79 Å². The van der Waals surface area contributed by atoms with Crippen LogP contribution in [0, 0.1) is 6.92 Å². The molecule has 31 heavy (non-hydrogen) atoms. The second kappa shape index (κ2) is 8.76. The van der Waals surface area contributed by atoms with Crippen LogP contribution in [0.25, 0.3) is 10.8 Å². The number of fused-ring (bicyclic) bond motifs is 1. The van der Waals surface area contributed by atoms with Gasteiger partial charge in [0, 0.05) is 22.4 Å². The van der Waals surface area contributed by atoms with Gasteiger partial charge in [-0.15, -0.1) is 0 Å². The lowest BCUT2D eigenvalue weighted by molar-refractivity contribution is -0.130. The number of carbonyl (C=O) groups excluding carboxylic acids is 1. The Labute approximate surface area is 181 Å². The van der Waals surface area contributed by atoms with Gasteiger partial charge in [-0.1, -0.05) is 60.7 Å². The second-order valence-corrected chi connectivity index (χ2v) is 7.25. The number of carbonyl (C=O) groups is 1. The van der Waals surface area contributed by atoms with Gasteiger partial charge in [0.1, 0.15) is 17.2 Å². The number of ether oxygens (including phenoxy) is 3. The van der Waals surface area contributed by atoms with Crippen molar-refractivity contribution in [2.75, 3.05) is 0 Å². The summed E-state index contributed by atoms with van der Waals surface area (Å²) < 4.78 is 18.0. The third kappa shape index (κ3) is 4.59. The van der Waals surface area contributed by atoms with E-state index >= 15 is 0 Å². The molecule has 0 saturated carbocycles. The lowest BCUT2D eigenvalue weighted by atomic mass is 10.0. The number of hydrogen-bond acceptors (Lipinski definition) is 4. The topological polar surface area (TPSA) is 44.8 Å². The highest BCUT2D eigenvalue weighted by Gasteiger charge is 2.20. The first kappa shape index (κ1) is 20.2. The SMILES string of the molecule is C=C(C)C(=O)Oc1c(Oc2ccccc2)cc(Oc2ccccc2)c2cc(C)ccc12. The highest BCUT2D eigenvalue weighted by atomic mass is 16.6. The summed E-state index contributed by atoms with van der Waals surface area (Å²) in [6.07, 6.45) is 0. The minimum absolute atomic E-state index is 0.301. The zero-order chi connectivity index (χ0) is 21.8. The molecule has 4 aromatic rings. The summed E-state index contributed by atoms with van der Waals surface area (Å²) in [5.74, 6) is 2.10. The van der Waals surface area contributed by atoms with E-state index in [9.17, 15) is 4.79 Å². The van der Waals surface area contributed by atoms with Crippen molar-refractivity contribution < 1.29 is 19.0 Å². The van der Waals surface area contributed by atoms with Crippen molar-refractivity contribution in [3.05, 3.63) is 103 Å². The lowest BCUT2D eigenvalue weighted by Gasteiger charge is -2.18. The Morgan fingerprint density at radius 3 is 1.90 bits per heavy atom. The number of para-hydroxylation sites is 2. The molecule has 0 aromatic heterocycles. The van der Waals surface area contributed by atoms with Crippen LogP contribution >= 0.6 is 0 Å². The van der Waals surface area contributed by atoms with Crippen LogP contribution in [0.3, 0.4) is 0 Å². The molecule has 4 aromatic carbocycles. The van der Waals surface area contributed by atoms with Gasteiger partial charge in [0.05, 0.1) is 0 Å². The normalized spacial score (nSPS) is 10.5. The highest BCUT2D eigenvalue weighted by Crippen LogP contribution is 2.45. The third-order valence-corrected chi connectivity index (χ3v) is 4.66. The van der Waals surface area contributed by atoms with Crippen molar-refractivity contribution in [3.8, 4) is 28.7 Å². The van der Waals surface area contributed by atoms with E-state index in [1.165, 1.54) is 0 Å². The van der Waals surface area contributed by atoms with Gasteiger partial charge >= 0.3 is 5.97 Å². The predicted molar refractivity (Wildman–Crippen MR) is 122 cm³/mol. The first-order chi connectivity index (χ1) is 15.0. The van der Waals surface area contributed by atoms with Crippen LogP contribution in [0.15, 0.2) is 97.1 Å². The molecule has 4 nitrogen and oxygen atoms in total. The summed E-state index contributed by atoms with van der Waals surface area (Å²) in [4.78, 5) is 12.4. The van der Waals surface area contributed by atoms with Crippen molar-refractivity contribution in [1.29, 1.82) is 0 Å². The van der Waals surface area contributed by atoms with Crippen molar-refractivity contribution in [2.45, 2.75) is 13.8 Å². The second-order valence-electron chi connectivity index (χ2n) is 7.25. The molecule has 4 rings (SSSR count). The van der Waals surface area contributed by atoms with Gasteiger partial charge in [-0.25, -0.2) is 4.79 Å². The molecule has 0 atom stereocenters. The maximum Gasteiger partial charge on any atom is 0.338 e. The Kier molecular flexibility index (Phi) is 5.72. The molecular formula is C27H22O4. The van der Waals surface area contributed by atoms with Gasteiger partial charge in [-0.2, -0.15) is 0 Å². The number of esters is 1. The molecule has 0 aliphatic heterocycles. The Morgan fingerprint density at radius 1 is 0.742 bits per heavy atom. The first-order valence-electron chi connectivity index (χ1n) is 9.92. The van der Waals surface area contributed by atoms with Gasteiger partial charge in [-0.05, 0) is 44.2 Å². The Morgan fingerprint density at radius 2 is 1.32 bits per heavy atom. The molecule has 0 amide bonds. The Balaban J connectivity index is 1.91. The zero-order valence-corrected chi connectivity index (χ0v) is 17.4. The van der Waals surface area contributed by atoms with Crippen molar-refractivity contribution >= 4 is 16.7 Å². The number of hydrogen-bond donors (Lipinski definition) is 0. The van der Waals surface area contributed by atoms with Crippen LogP contribution < -0.4 is 14.2 Å². The molecule has 0 heterocycles. The fraction of sp³-hybridized carbons (Fsp3) is 0.0741. The van der Waals surface area contributed by atoms with Crippen LogP contribution in [0.1, 0.15) is 12.5 Å². The van der Waals surface area contributed by atoms with Gasteiger partial charge < -0.3 is 14.2 Å². The summed E-state index contributed by atoms with van der Waals surface area (Å²) in [6.45, 7) is 7.30. The van der Waals surface area contributed by atoms with Crippen LogP contribution in [0.4, 0.5) is 0 Å². The molecule has 0 saturated heterocycles. The maximum absolute atomic E-state index is 12.4. The van der Waals surface area contributed by atoms with Crippen molar-refractivity contribution in [2.24, 2.45) is 0 Å².